The summed E-state index contributed by atoms with van der Waals surface area (Å²) in [6.07, 6.45) is 4.29. The Balaban J connectivity index is 2.43. The number of nitrogens with zero attached hydrogens (tertiary/aromatic N) is 1. The molecule has 0 amide bonds. The lowest BCUT2D eigenvalue weighted by Crippen LogP contribution is -2.42. The van der Waals surface area contributed by atoms with Crippen molar-refractivity contribution in [3.63, 3.8) is 0 Å². The van der Waals surface area contributed by atoms with E-state index in [9.17, 15) is 4.39 Å². The molecule has 1 aromatic rings. The molecule has 0 unspecified atom stereocenters. The van der Waals surface area contributed by atoms with Gasteiger partial charge in [-0.3, -0.25) is 0 Å². The monoisotopic (exact) mass is 214 g/mol. The third-order valence-electron chi connectivity index (χ3n) is 3.08. The van der Waals surface area contributed by atoms with E-state index >= 15 is 0 Å². The van der Waals surface area contributed by atoms with Gasteiger partial charge in [0, 0.05) is 23.7 Å². The predicted octanol–water partition coefficient (Wildman–Crippen LogP) is 2.25. The molecule has 2 N–H and O–H groups in total. The van der Waals surface area contributed by atoms with Crippen LogP contribution in [-0.4, -0.2) is 11.5 Å². The summed E-state index contributed by atoms with van der Waals surface area (Å²) in [5.41, 5.74) is 6.06. The zero-order chi connectivity index (χ0) is 10.2. The van der Waals surface area contributed by atoms with Crippen LogP contribution in [0.25, 0.3) is 0 Å². The van der Waals surface area contributed by atoms with Crippen molar-refractivity contribution in [3.8, 4) is 0 Å². The van der Waals surface area contributed by atoms with E-state index in [-0.39, 0.29) is 5.41 Å². The number of hydrogen-bond acceptors (Lipinski definition) is 2. The highest BCUT2D eigenvalue weighted by molar-refractivity contribution is 6.30. The van der Waals surface area contributed by atoms with Crippen LogP contribution in [0.15, 0.2) is 12.3 Å². The first-order chi connectivity index (χ1) is 6.68. The first kappa shape index (κ1) is 9.87. The topological polar surface area (TPSA) is 38.9 Å². The van der Waals surface area contributed by atoms with Gasteiger partial charge in [0.25, 0.3) is 0 Å². The second kappa shape index (κ2) is 3.48. The van der Waals surface area contributed by atoms with Crippen molar-refractivity contribution >= 4 is 11.6 Å². The fourth-order valence-electron chi connectivity index (χ4n) is 1.98. The third kappa shape index (κ3) is 1.41. The minimum absolute atomic E-state index is 0.206. The number of nitrogens with two attached hydrogens (primary N) is 1. The van der Waals surface area contributed by atoms with Crippen molar-refractivity contribution in [2.75, 3.05) is 6.54 Å². The van der Waals surface area contributed by atoms with Crippen molar-refractivity contribution in [2.24, 2.45) is 5.73 Å². The van der Waals surface area contributed by atoms with Gasteiger partial charge in [-0.1, -0.05) is 18.0 Å². The van der Waals surface area contributed by atoms with Crippen LogP contribution in [0.3, 0.4) is 0 Å². The van der Waals surface area contributed by atoms with Crippen LogP contribution in [0.1, 0.15) is 24.8 Å². The molecule has 4 heteroatoms. The maximum absolute atomic E-state index is 13.4. The molecule has 1 aliphatic rings. The average molecular weight is 215 g/mol. The number of aromatic nitrogens is 1. The van der Waals surface area contributed by atoms with Gasteiger partial charge in [-0.15, -0.1) is 0 Å². The standard InChI is InChI=1S/C10H12ClFN2/c11-7-4-8(9(12)14-5-7)10(6-13)2-1-3-10/h4-5H,1-3,6,13H2. The van der Waals surface area contributed by atoms with Crippen molar-refractivity contribution < 1.29 is 4.39 Å². The fraction of sp³-hybridized carbons (Fsp3) is 0.500. The molecule has 14 heavy (non-hydrogen) atoms. The number of hydrogen-bond donors (Lipinski definition) is 1. The Bertz CT molecular complexity index is 344. The Morgan fingerprint density at radius 1 is 1.57 bits per heavy atom. The molecular weight excluding hydrogens is 203 g/mol. The molecule has 0 atom stereocenters. The molecule has 0 bridgehead atoms. The Hall–Kier alpha value is -0.670. The fourth-order valence-corrected chi connectivity index (χ4v) is 2.14. The van der Waals surface area contributed by atoms with Crippen LogP contribution in [0.4, 0.5) is 4.39 Å². The third-order valence-corrected chi connectivity index (χ3v) is 3.29. The maximum Gasteiger partial charge on any atom is 0.216 e. The summed E-state index contributed by atoms with van der Waals surface area (Å²) in [5, 5.41) is 0.473. The first-order valence-corrected chi connectivity index (χ1v) is 5.07. The van der Waals surface area contributed by atoms with E-state index in [0.717, 1.165) is 19.3 Å². The molecule has 1 heterocycles. The minimum atomic E-state index is -0.431. The molecule has 1 aromatic heterocycles. The Labute approximate surface area is 87.3 Å². The summed E-state index contributed by atoms with van der Waals surface area (Å²) < 4.78 is 13.4. The Morgan fingerprint density at radius 3 is 2.79 bits per heavy atom. The van der Waals surface area contributed by atoms with Gasteiger partial charge in [-0.2, -0.15) is 4.39 Å². The van der Waals surface area contributed by atoms with E-state index in [1.807, 2.05) is 0 Å². The molecule has 2 nitrogen and oxygen atoms in total. The first-order valence-electron chi connectivity index (χ1n) is 4.69. The summed E-state index contributed by atoms with van der Waals surface area (Å²) in [7, 11) is 0. The molecule has 1 fully saturated rings. The van der Waals surface area contributed by atoms with Gasteiger partial charge in [-0.05, 0) is 18.9 Å². The van der Waals surface area contributed by atoms with Crippen molar-refractivity contribution in [3.05, 3.63) is 28.8 Å². The van der Waals surface area contributed by atoms with Crippen LogP contribution in [0.2, 0.25) is 5.02 Å². The molecule has 76 valence electrons. The zero-order valence-electron chi connectivity index (χ0n) is 7.76. The van der Waals surface area contributed by atoms with Gasteiger partial charge in [0.15, 0.2) is 0 Å². The van der Waals surface area contributed by atoms with E-state index in [0.29, 0.717) is 17.1 Å². The van der Waals surface area contributed by atoms with Crippen LogP contribution in [-0.2, 0) is 5.41 Å². The molecule has 1 saturated carbocycles. The van der Waals surface area contributed by atoms with Gasteiger partial charge in [0.1, 0.15) is 0 Å². The normalized spacial score (nSPS) is 19.1. The van der Waals surface area contributed by atoms with E-state index < -0.39 is 5.95 Å². The molecule has 0 radical (unpaired) electrons. The molecule has 1 aliphatic carbocycles. The van der Waals surface area contributed by atoms with Gasteiger partial charge in [0.2, 0.25) is 5.95 Å². The maximum atomic E-state index is 13.4. The molecule has 0 spiro atoms. The lowest BCUT2D eigenvalue weighted by atomic mass is 9.65. The van der Waals surface area contributed by atoms with Crippen molar-refractivity contribution in [2.45, 2.75) is 24.7 Å². The average Bonchev–Trinajstić information content (AvgIpc) is 2.10. The number of pyridine rings is 1. The Kier molecular flexibility index (Phi) is 2.45. The highest BCUT2D eigenvalue weighted by Gasteiger charge is 2.39. The predicted molar refractivity (Wildman–Crippen MR) is 53.8 cm³/mol. The van der Waals surface area contributed by atoms with E-state index in [4.69, 9.17) is 17.3 Å². The van der Waals surface area contributed by atoms with Gasteiger partial charge < -0.3 is 5.73 Å². The van der Waals surface area contributed by atoms with E-state index in [1.165, 1.54) is 6.20 Å². The van der Waals surface area contributed by atoms with Crippen molar-refractivity contribution in [1.82, 2.24) is 4.98 Å². The zero-order valence-corrected chi connectivity index (χ0v) is 8.52. The van der Waals surface area contributed by atoms with Gasteiger partial charge in [-0.25, -0.2) is 4.98 Å². The van der Waals surface area contributed by atoms with Crippen LogP contribution in [0, 0.1) is 5.95 Å². The number of rotatable bonds is 2. The molecule has 2 rings (SSSR count). The van der Waals surface area contributed by atoms with E-state index in [1.54, 1.807) is 6.07 Å². The van der Waals surface area contributed by atoms with Gasteiger partial charge >= 0.3 is 0 Å². The van der Waals surface area contributed by atoms with Crippen LogP contribution < -0.4 is 5.73 Å². The lowest BCUT2D eigenvalue weighted by Gasteiger charge is -2.41. The second-order valence-electron chi connectivity index (χ2n) is 3.83. The van der Waals surface area contributed by atoms with E-state index in [2.05, 4.69) is 4.98 Å². The second-order valence-corrected chi connectivity index (χ2v) is 4.27. The molecule has 0 saturated heterocycles. The molecule has 0 aliphatic heterocycles. The lowest BCUT2D eigenvalue weighted by molar-refractivity contribution is 0.242. The summed E-state index contributed by atoms with van der Waals surface area (Å²) >= 11 is 5.79. The van der Waals surface area contributed by atoms with Crippen molar-refractivity contribution in [1.29, 1.82) is 0 Å². The smallest absolute Gasteiger partial charge is 0.216 e. The van der Waals surface area contributed by atoms with Crippen LogP contribution in [0.5, 0.6) is 0 Å². The quantitative estimate of drug-likeness (QED) is 0.767. The Morgan fingerprint density at radius 2 is 2.29 bits per heavy atom. The van der Waals surface area contributed by atoms with Crippen LogP contribution >= 0.6 is 11.6 Å². The summed E-state index contributed by atoms with van der Waals surface area (Å²) in [6.45, 7) is 0.464. The highest BCUT2D eigenvalue weighted by atomic mass is 35.5. The number of halogens is 2. The summed E-state index contributed by atoms with van der Waals surface area (Å²) in [6, 6.07) is 1.65. The molecule has 0 aromatic carbocycles. The highest BCUT2D eigenvalue weighted by Crippen LogP contribution is 2.43. The van der Waals surface area contributed by atoms with Gasteiger partial charge in [0.05, 0.1) is 5.02 Å². The summed E-state index contributed by atoms with van der Waals surface area (Å²) in [5.74, 6) is -0.431. The molecular formula is C10H12ClFN2. The summed E-state index contributed by atoms with van der Waals surface area (Å²) in [4.78, 5) is 3.62. The SMILES string of the molecule is NCC1(c2cc(Cl)cnc2F)CCC1. The minimum Gasteiger partial charge on any atom is -0.330 e. The largest absolute Gasteiger partial charge is 0.330 e.